The van der Waals surface area contributed by atoms with Gasteiger partial charge in [0, 0.05) is 92.4 Å². The quantitative estimate of drug-likeness (QED) is 0.119. The summed E-state index contributed by atoms with van der Waals surface area (Å²) in [6.07, 6.45) is 0. The summed E-state index contributed by atoms with van der Waals surface area (Å²) in [7, 11) is 6.36. The average molecular weight is 961 g/mol. The van der Waals surface area contributed by atoms with Crippen LogP contribution in [0.1, 0.15) is 135 Å². The Labute approximate surface area is 423 Å². The summed E-state index contributed by atoms with van der Waals surface area (Å²) in [6, 6.07) is 39.9. The van der Waals surface area contributed by atoms with Crippen molar-refractivity contribution in [3.63, 3.8) is 0 Å². The van der Waals surface area contributed by atoms with Crippen LogP contribution in [-0.4, -0.2) is 48.9 Å². The Kier molecular flexibility index (Phi) is 13.2. The first kappa shape index (κ1) is 49.2. The van der Waals surface area contributed by atoms with Gasteiger partial charge in [-0.25, -0.2) is 0 Å². The summed E-state index contributed by atoms with van der Waals surface area (Å²) in [4.78, 5) is 0. The van der Waals surface area contributed by atoms with E-state index in [0.29, 0.717) is 67.5 Å². The molecule has 8 bridgehead atoms. The van der Waals surface area contributed by atoms with Crippen molar-refractivity contribution in [3.8, 4) is 46.0 Å². The number of aromatic hydroxyl groups is 4. The number of hydrogen-bond donors (Lipinski definition) is 4. The molecule has 8 nitrogen and oxygen atoms in total. The van der Waals surface area contributed by atoms with Crippen LogP contribution in [0.4, 0.5) is 0 Å². The maximum atomic E-state index is 12.6. The van der Waals surface area contributed by atoms with Gasteiger partial charge >= 0.3 is 0 Å². The summed E-state index contributed by atoms with van der Waals surface area (Å²) < 4.78 is 25.1. The molecule has 8 heteroatoms. The van der Waals surface area contributed by atoms with Gasteiger partial charge in [0.2, 0.25) is 0 Å². The Balaban J connectivity index is 1.55. The third-order valence-corrected chi connectivity index (χ3v) is 14.9. The van der Waals surface area contributed by atoms with E-state index in [1.54, 1.807) is 52.7 Å². The van der Waals surface area contributed by atoms with Gasteiger partial charge in [-0.05, 0) is 124 Å². The number of rotatable bonds is 8. The second kappa shape index (κ2) is 19.4. The van der Waals surface area contributed by atoms with Gasteiger partial charge < -0.3 is 39.4 Å². The van der Waals surface area contributed by atoms with E-state index in [2.05, 4.69) is 128 Å². The molecule has 0 heterocycles. The lowest BCUT2D eigenvalue weighted by Crippen LogP contribution is -2.15. The van der Waals surface area contributed by atoms with Crippen molar-refractivity contribution < 1.29 is 39.4 Å². The number of aryl methyl sites for hydroxylation is 8. The summed E-state index contributed by atoms with van der Waals surface area (Å²) in [6.45, 7) is 16.5. The molecule has 0 fully saturated rings. The fraction of sp³-hybridized carbons (Fsp3) is 0.250. The monoisotopic (exact) mass is 960 g/mol. The lowest BCUT2D eigenvalue weighted by molar-refractivity contribution is 0.394. The molecule has 0 aromatic heterocycles. The molecule has 8 aromatic carbocycles. The standard InChI is InChI=1S/C64H64O8/c1-33-13-17-41(37(5)21-33)61-45-25-50(58(70-10)29-53(45)65)63(43-19-15-35(3)23-39(43)7)47-27-52(60(72-12)31-55(47)67)64(44-20-16-36(4)24-40(44)8)48-28-51(59(71-11)32-56(48)68)62(42-18-14-34(2)22-38(42)6)46-26-49(61)57(69-9)30-54(46)66/h13-32,61-68H,1-12H3. The highest BCUT2D eigenvalue weighted by Crippen LogP contribution is 2.55. The van der Waals surface area contributed by atoms with Gasteiger partial charge in [-0.3, -0.25) is 0 Å². The lowest BCUT2D eigenvalue weighted by Gasteiger charge is -2.32. The van der Waals surface area contributed by atoms with Crippen molar-refractivity contribution in [3.05, 3.63) is 233 Å². The first-order chi connectivity index (χ1) is 34.5. The molecule has 0 saturated heterocycles. The number of phenols is 4. The van der Waals surface area contributed by atoms with Gasteiger partial charge in [0.1, 0.15) is 46.0 Å². The molecule has 0 amide bonds. The highest BCUT2D eigenvalue weighted by molar-refractivity contribution is 5.69. The largest absolute Gasteiger partial charge is 0.507 e. The molecular formula is C64H64O8. The average Bonchev–Trinajstić information content (AvgIpc) is 3.33. The van der Waals surface area contributed by atoms with Crippen LogP contribution in [0.5, 0.6) is 46.0 Å². The Hall–Kier alpha value is -7.84. The SMILES string of the molecule is COc1cc(O)c2cc1C(c1ccc(C)cc1C)c1cc(c(OC)cc1O)C(c1ccc(C)cc1C)c1cc(c(OC)cc1O)C(c1ccc(C)cc1C)c1cc(c(OC)cc1O)C2c1ccc(C)cc1C. The Morgan fingerprint density at radius 2 is 0.444 bits per heavy atom. The minimum atomic E-state index is -0.678. The lowest BCUT2D eigenvalue weighted by atomic mass is 9.73. The van der Waals surface area contributed by atoms with Crippen LogP contribution in [0.15, 0.2) is 121 Å². The van der Waals surface area contributed by atoms with E-state index in [1.165, 1.54) is 0 Å². The van der Waals surface area contributed by atoms with Gasteiger partial charge in [-0.1, -0.05) is 95.1 Å². The molecule has 72 heavy (non-hydrogen) atoms. The maximum Gasteiger partial charge on any atom is 0.126 e. The van der Waals surface area contributed by atoms with Crippen molar-refractivity contribution >= 4 is 0 Å². The van der Waals surface area contributed by atoms with Crippen LogP contribution in [0, 0.1) is 55.4 Å². The molecule has 0 saturated carbocycles. The predicted molar refractivity (Wildman–Crippen MR) is 286 cm³/mol. The third kappa shape index (κ3) is 8.63. The number of methoxy groups -OCH3 is 4. The van der Waals surface area contributed by atoms with Crippen molar-refractivity contribution in [2.45, 2.75) is 79.1 Å². The van der Waals surface area contributed by atoms with E-state index >= 15 is 0 Å². The molecule has 8 aromatic rings. The molecule has 368 valence electrons. The number of ether oxygens (including phenoxy) is 4. The van der Waals surface area contributed by atoms with E-state index in [-0.39, 0.29) is 23.0 Å². The summed E-state index contributed by atoms with van der Waals surface area (Å²) in [5.41, 5.74) is 16.9. The van der Waals surface area contributed by atoms with E-state index in [0.717, 1.165) is 66.8 Å². The Bertz CT molecular complexity index is 2970. The van der Waals surface area contributed by atoms with Gasteiger partial charge in [-0.15, -0.1) is 0 Å². The molecule has 0 radical (unpaired) electrons. The summed E-state index contributed by atoms with van der Waals surface area (Å²) in [5, 5.41) is 50.5. The van der Waals surface area contributed by atoms with Crippen LogP contribution in [-0.2, 0) is 0 Å². The number of phenolic OH excluding ortho intramolecular Hbond substituents is 4. The summed E-state index contributed by atoms with van der Waals surface area (Å²) >= 11 is 0. The first-order valence-corrected chi connectivity index (χ1v) is 24.4. The van der Waals surface area contributed by atoms with E-state index in [1.807, 2.05) is 24.3 Å². The van der Waals surface area contributed by atoms with Crippen molar-refractivity contribution in [2.24, 2.45) is 0 Å². The molecule has 9 rings (SSSR count). The van der Waals surface area contributed by atoms with E-state index in [9.17, 15) is 20.4 Å². The highest BCUT2D eigenvalue weighted by atomic mass is 16.5. The van der Waals surface area contributed by atoms with Crippen molar-refractivity contribution in [2.75, 3.05) is 28.4 Å². The molecule has 0 aliphatic heterocycles. The fourth-order valence-electron chi connectivity index (χ4n) is 11.6. The number of hydrogen-bond acceptors (Lipinski definition) is 8. The van der Waals surface area contributed by atoms with Gasteiger partial charge in [0.05, 0.1) is 28.4 Å². The number of fused-ring (bicyclic) bond motifs is 8. The smallest absolute Gasteiger partial charge is 0.126 e. The normalized spacial score (nSPS) is 16.3. The number of benzene rings is 8. The van der Waals surface area contributed by atoms with Crippen LogP contribution in [0.3, 0.4) is 0 Å². The van der Waals surface area contributed by atoms with Gasteiger partial charge in [-0.2, -0.15) is 0 Å². The molecule has 1 aliphatic carbocycles. The first-order valence-electron chi connectivity index (χ1n) is 24.4. The van der Waals surface area contributed by atoms with Gasteiger partial charge in [0.15, 0.2) is 0 Å². The second-order valence-electron chi connectivity index (χ2n) is 19.8. The zero-order chi connectivity index (χ0) is 51.4. The molecule has 0 spiro atoms. The minimum Gasteiger partial charge on any atom is -0.507 e. The topological polar surface area (TPSA) is 118 Å². The zero-order valence-corrected chi connectivity index (χ0v) is 43.3. The molecule has 4 atom stereocenters. The predicted octanol–water partition coefficient (Wildman–Crippen LogP) is 14.0. The van der Waals surface area contributed by atoms with Crippen LogP contribution in [0.2, 0.25) is 0 Å². The van der Waals surface area contributed by atoms with Crippen LogP contribution < -0.4 is 18.9 Å². The highest BCUT2D eigenvalue weighted by Gasteiger charge is 2.37. The Morgan fingerprint density at radius 3 is 0.611 bits per heavy atom. The third-order valence-electron chi connectivity index (χ3n) is 14.9. The van der Waals surface area contributed by atoms with E-state index < -0.39 is 23.7 Å². The molecular weight excluding hydrogens is 897 g/mol. The molecule has 1 aliphatic rings. The zero-order valence-electron chi connectivity index (χ0n) is 43.3. The van der Waals surface area contributed by atoms with Crippen LogP contribution in [0.25, 0.3) is 0 Å². The summed E-state index contributed by atoms with van der Waals surface area (Å²) in [5.74, 6) is -1.11. The fourth-order valence-corrected chi connectivity index (χ4v) is 11.6. The Morgan fingerprint density at radius 1 is 0.250 bits per heavy atom. The maximum absolute atomic E-state index is 12.6. The molecule has 4 unspecified atom stereocenters. The van der Waals surface area contributed by atoms with Crippen molar-refractivity contribution in [1.29, 1.82) is 0 Å². The van der Waals surface area contributed by atoms with Crippen LogP contribution >= 0.6 is 0 Å². The minimum absolute atomic E-state index is 0.0110. The van der Waals surface area contributed by atoms with E-state index in [4.69, 9.17) is 18.9 Å². The molecule has 4 N–H and O–H groups in total. The van der Waals surface area contributed by atoms with Gasteiger partial charge in [0.25, 0.3) is 0 Å². The van der Waals surface area contributed by atoms with Crippen molar-refractivity contribution in [1.82, 2.24) is 0 Å². The second-order valence-corrected chi connectivity index (χ2v) is 19.8.